The van der Waals surface area contributed by atoms with Gasteiger partial charge in [-0.1, -0.05) is 6.92 Å². The van der Waals surface area contributed by atoms with Crippen molar-refractivity contribution >= 4 is 11.8 Å². The van der Waals surface area contributed by atoms with Crippen LogP contribution in [0.2, 0.25) is 0 Å². The Morgan fingerprint density at radius 1 is 1.71 bits per heavy atom. The summed E-state index contributed by atoms with van der Waals surface area (Å²) < 4.78 is 1.76. The number of fused-ring (bicyclic) bond motifs is 1. The predicted molar refractivity (Wildman–Crippen MR) is 51.7 cm³/mol. The van der Waals surface area contributed by atoms with E-state index in [1.165, 1.54) is 0 Å². The molecule has 0 saturated heterocycles. The summed E-state index contributed by atoms with van der Waals surface area (Å²) in [5, 5.41) is 16.4. The van der Waals surface area contributed by atoms with Crippen LogP contribution in [0.1, 0.15) is 29.4 Å². The molecule has 0 aliphatic carbocycles. The van der Waals surface area contributed by atoms with E-state index in [0.717, 1.165) is 19.5 Å². The fourth-order valence-corrected chi connectivity index (χ4v) is 1.76. The molecule has 2 N–H and O–H groups in total. The highest BCUT2D eigenvalue weighted by Gasteiger charge is 2.23. The van der Waals surface area contributed by atoms with Crippen molar-refractivity contribution in [3.63, 3.8) is 0 Å². The average Bonchev–Trinajstić information content (AvgIpc) is 2.55. The van der Waals surface area contributed by atoms with Crippen molar-refractivity contribution in [2.24, 2.45) is 0 Å². The van der Waals surface area contributed by atoms with Crippen molar-refractivity contribution in [2.75, 3.05) is 11.9 Å². The van der Waals surface area contributed by atoms with Crippen LogP contribution in [0, 0.1) is 0 Å². The number of carboxylic acids is 1. The Bertz CT molecular complexity index is 370. The lowest BCUT2D eigenvalue weighted by Crippen LogP contribution is -2.19. The van der Waals surface area contributed by atoms with E-state index in [1.807, 2.05) is 6.92 Å². The van der Waals surface area contributed by atoms with Crippen LogP contribution >= 0.6 is 0 Å². The minimum Gasteiger partial charge on any atom is -0.477 e. The van der Waals surface area contributed by atoms with Gasteiger partial charge in [-0.25, -0.2) is 9.48 Å². The molecular weight excluding hydrogens is 182 g/mol. The van der Waals surface area contributed by atoms with Crippen LogP contribution < -0.4 is 5.32 Å². The Kier molecular flexibility index (Phi) is 2.15. The molecule has 1 aliphatic heterocycles. The highest BCUT2D eigenvalue weighted by Crippen LogP contribution is 2.23. The molecule has 2 rings (SSSR count). The topological polar surface area (TPSA) is 67.2 Å². The molecule has 0 saturated carbocycles. The molecule has 5 heteroatoms. The van der Waals surface area contributed by atoms with Crippen LogP contribution in [0.3, 0.4) is 0 Å². The largest absolute Gasteiger partial charge is 0.477 e. The molecule has 14 heavy (non-hydrogen) atoms. The van der Waals surface area contributed by atoms with Crippen LogP contribution in [0.4, 0.5) is 5.82 Å². The van der Waals surface area contributed by atoms with Crippen LogP contribution in [-0.2, 0) is 13.0 Å². The second-order valence-electron chi connectivity index (χ2n) is 3.33. The fourth-order valence-electron chi connectivity index (χ4n) is 1.76. The van der Waals surface area contributed by atoms with Gasteiger partial charge in [-0.2, -0.15) is 5.10 Å². The maximum absolute atomic E-state index is 11.0. The highest BCUT2D eigenvalue weighted by molar-refractivity contribution is 5.94. The van der Waals surface area contributed by atoms with Gasteiger partial charge in [-0.15, -0.1) is 0 Å². The third kappa shape index (κ3) is 1.25. The van der Waals surface area contributed by atoms with E-state index >= 15 is 0 Å². The quantitative estimate of drug-likeness (QED) is 0.737. The van der Waals surface area contributed by atoms with Crippen molar-refractivity contribution in [3.05, 3.63) is 11.3 Å². The first-order valence-corrected chi connectivity index (χ1v) is 4.81. The van der Waals surface area contributed by atoms with E-state index < -0.39 is 5.97 Å². The van der Waals surface area contributed by atoms with E-state index in [2.05, 4.69) is 10.4 Å². The first-order chi connectivity index (χ1) is 6.74. The lowest BCUT2D eigenvalue weighted by atomic mass is 10.2. The molecule has 0 amide bonds. The number of hydrogen-bond donors (Lipinski definition) is 2. The van der Waals surface area contributed by atoms with Gasteiger partial charge in [0, 0.05) is 13.1 Å². The molecule has 1 aliphatic rings. The van der Waals surface area contributed by atoms with Crippen molar-refractivity contribution in [3.8, 4) is 0 Å². The zero-order valence-corrected chi connectivity index (χ0v) is 8.08. The van der Waals surface area contributed by atoms with Gasteiger partial charge in [0.05, 0.1) is 5.69 Å². The smallest absolute Gasteiger partial charge is 0.341 e. The third-order valence-electron chi connectivity index (χ3n) is 2.41. The summed E-state index contributed by atoms with van der Waals surface area (Å²) in [5.74, 6) is -0.224. The Hall–Kier alpha value is -1.52. The first kappa shape index (κ1) is 9.05. The number of aromatic carboxylic acids is 1. The molecule has 0 aromatic carbocycles. The lowest BCUT2D eigenvalue weighted by molar-refractivity contribution is 0.0696. The molecule has 76 valence electrons. The average molecular weight is 195 g/mol. The van der Waals surface area contributed by atoms with Gasteiger partial charge in [0.1, 0.15) is 11.4 Å². The maximum atomic E-state index is 11.0. The Balaban J connectivity index is 2.53. The van der Waals surface area contributed by atoms with Crippen molar-refractivity contribution in [2.45, 2.75) is 26.3 Å². The standard InChI is InChI=1S/C9H13N3O2/c1-2-6-7(9(13)14)8-10-4-3-5-12(8)11-6/h10H,2-5H2,1H3,(H,13,14). The molecule has 1 aromatic rings. The summed E-state index contributed by atoms with van der Waals surface area (Å²) in [6.07, 6.45) is 1.65. The summed E-state index contributed by atoms with van der Waals surface area (Å²) in [6, 6.07) is 0. The number of nitrogens with one attached hydrogen (secondary N) is 1. The van der Waals surface area contributed by atoms with Gasteiger partial charge in [-0.05, 0) is 12.8 Å². The summed E-state index contributed by atoms with van der Waals surface area (Å²) in [7, 11) is 0. The zero-order chi connectivity index (χ0) is 10.1. The predicted octanol–water partition coefficient (Wildman–Crippen LogP) is 0.959. The summed E-state index contributed by atoms with van der Waals surface area (Å²) >= 11 is 0. The van der Waals surface area contributed by atoms with Gasteiger partial charge < -0.3 is 10.4 Å². The Labute approximate surface area is 81.7 Å². The Morgan fingerprint density at radius 2 is 2.50 bits per heavy atom. The second-order valence-corrected chi connectivity index (χ2v) is 3.33. The van der Waals surface area contributed by atoms with Gasteiger partial charge in [0.15, 0.2) is 0 Å². The summed E-state index contributed by atoms with van der Waals surface area (Å²) in [6.45, 7) is 3.55. The number of hydrogen-bond acceptors (Lipinski definition) is 3. The number of nitrogens with zero attached hydrogens (tertiary/aromatic N) is 2. The zero-order valence-electron chi connectivity index (χ0n) is 8.08. The molecule has 5 nitrogen and oxygen atoms in total. The molecule has 0 radical (unpaired) electrons. The molecule has 0 atom stereocenters. The van der Waals surface area contributed by atoms with Crippen molar-refractivity contribution in [1.82, 2.24) is 9.78 Å². The van der Waals surface area contributed by atoms with Crippen LogP contribution in [0.5, 0.6) is 0 Å². The summed E-state index contributed by atoms with van der Waals surface area (Å²) in [5.41, 5.74) is 1.01. The second kappa shape index (κ2) is 3.32. The van der Waals surface area contributed by atoms with Crippen LogP contribution in [0.15, 0.2) is 0 Å². The fraction of sp³-hybridized carbons (Fsp3) is 0.556. The van der Waals surface area contributed by atoms with E-state index in [-0.39, 0.29) is 0 Å². The third-order valence-corrected chi connectivity index (χ3v) is 2.41. The monoisotopic (exact) mass is 195 g/mol. The van der Waals surface area contributed by atoms with Crippen molar-refractivity contribution < 1.29 is 9.90 Å². The first-order valence-electron chi connectivity index (χ1n) is 4.81. The van der Waals surface area contributed by atoms with E-state index in [9.17, 15) is 4.79 Å². The van der Waals surface area contributed by atoms with Gasteiger partial charge in [-0.3, -0.25) is 0 Å². The molecular formula is C9H13N3O2. The summed E-state index contributed by atoms with van der Waals surface area (Å²) in [4.78, 5) is 11.0. The van der Waals surface area contributed by atoms with Crippen molar-refractivity contribution in [1.29, 1.82) is 0 Å². The molecule has 2 heterocycles. The van der Waals surface area contributed by atoms with Crippen LogP contribution in [-0.4, -0.2) is 27.4 Å². The molecule has 0 bridgehead atoms. The number of aryl methyl sites for hydroxylation is 2. The minimum atomic E-state index is -0.891. The SMILES string of the molecule is CCc1nn2c(c1C(=O)O)NCCC2. The van der Waals surface area contributed by atoms with Gasteiger partial charge in [0.2, 0.25) is 0 Å². The maximum Gasteiger partial charge on any atom is 0.341 e. The number of carboxylic acid groups (broad SMARTS) is 1. The number of anilines is 1. The van der Waals surface area contributed by atoms with Gasteiger partial charge in [0.25, 0.3) is 0 Å². The van der Waals surface area contributed by atoms with E-state index in [0.29, 0.717) is 23.5 Å². The lowest BCUT2D eigenvalue weighted by Gasteiger charge is -2.15. The molecule has 0 fully saturated rings. The minimum absolute atomic E-state index is 0.340. The Morgan fingerprint density at radius 3 is 3.14 bits per heavy atom. The highest BCUT2D eigenvalue weighted by atomic mass is 16.4. The molecule has 0 spiro atoms. The molecule has 0 unspecified atom stereocenters. The normalized spacial score (nSPS) is 14.6. The number of carbonyl (C=O) groups is 1. The number of aromatic nitrogens is 2. The van der Waals surface area contributed by atoms with E-state index in [1.54, 1.807) is 4.68 Å². The van der Waals surface area contributed by atoms with Crippen LogP contribution in [0.25, 0.3) is 0 Å². The molecule has 1 aromatic heterocycles. The van der Waals surface area contributed by atoms with E-state index in [4.69, 9.17) is 5.11 Å². The van der Waals surface area contributed by atoms with Gasteiger partial charge >= 0.3 is 5.97 Å². The number of rotatable bonds is 2.